The van der Waals surface area contributed by atoms with Gasteiger partial charge in [-0.2, -0.15) is 0 Å². The number of fused-ring (bicyclic) bond motifs is 1. The van der Waals surface area contributed by atoms with Crippen LogP contribution < -0.4 is 4.74 Å². The van der Waals surface area contributed by atoms with Gasteiger partial charge in [-0.15, -0.1) is 0 Å². The van der Waals surface area contributed by atoms with Gasteiger partial charge in [0.25, 0.3) is 0 Å². The van der Waals surface area contributed by atoms with Crippen molar-refractivity contribution in [2.75, 3.05) is 7.11 Å². The smallest absolute Gasteiger partial charge is 0.197 e. The molecular formula is C18H13ClO2. The van der Waals surface area contributed by atoms with Crippen LogP contribution in [-0.2, 0) is 0 Å². The van der Waals surface area contributed by atoms with Gasteiger partial charge in [-0.25, -0.2) is 0 Å². The van der Waals surface area contributed by atoms with Gasteiger partial charge in [-0.3, -0.25) is 4.79 Å². The molecule has 3 aromatic carbocycles. The van der Waals surface area contributed by atoms with Crippen LogP contribution in [0.5, 0.6) is 5.75 Å². The second-order valence-electron chi connectivity index (χ2n) is 4.70. The van der Waals surface area contributed by atoms with Crippen molar-refractivity contribution in [2.24, 2.45) is 0 Å². The Labute approximate surface area is 127 Å². The van der Waals surface area contributed by atoms with Crippen LogP contribution in [0.4, 0.5) is 0 Å². The molecule has 0 bridgehead atoms. The van der Waals surface area contributed by atoms with E-state index in [-0.39, 0.29) is 5.78 Å². The zero-order chi connectivity index (χ0) is 14.8. The molecule has 21 heavy (non-hydrogen) atoms. The fraction of sp³-hybridized carbons (Fsp3) is 0.0556. The molecule has 0 amide bonds. The van der Waals surface area contributed by atoms with Gasteiger partial charge in [0.2, 0.25) is 0 Å². The SMILES string of the molecule is COc1ccc(Cl)cc1C(=O)c1cccc2ccccc12. The Morgan fingerprint density at radius 2 is 1.71 bits per heavy atom. The molecule has 0 saturated heterocycles. The van der Waals surface area contributed by atoms with E-state index in [0.29, 0.717) is 21.9 Å². The molecule has 3 rings (SSSR count). The van der Waals surface area contributed by atoms with Crippen LogP contribution in [0.15, 0.2) is 60.7 Å². The van der Waals surface area contributed by atoms with Crippen LogP contribution in [0.1, 0.15) is 15.9 Å². The summed E-state index contributed by atoms with van der Waals surface area (Å²) in [6, 6.07) is 18.6. The predicted molar refractivity (Wildman–Crippen MR) is 85.4 cm³/mol. The lowest BCUT2D eigenvalue weighted by atomic mass is 9.97. The molecule has 0 aliphatic rings. The van der Waals surface area contributed by atoms with Crippen LogP contribution in [0.2, 0.25) is 5.02 Å². The highest BCUT2D eigenvalue weighted by Crippen LogP contribution is 2.28. The molecule has 0 aliphatic heterocycles. The molecule has 0 N–H and O–H groups in total. The summed E-state index contributed by atoms with van der Waals surface area (Å²) >= 11 is 6.02. The minimum atomic E-state index is -0.0915. The maximum absolute atomic E-state index is 12.9. The number of ether oxygens (including phenoxy) is 1. The maximum atomic E-state index is 12.9. The van der Waals surface area contributed by atoms with Crippen LogP contribution >= 0.6 is 11.6 Å². The van der Waals surface area contributed by atoms with Crippen LogP contribution in [0.3, 0.4) is 0 Å². The van der Waals surface area contributed by atoms with Crippen LogP contribution in [-0.4, -0.2) is 12.9 Å². The van der Waals surface area contributed by atoms with Crippen molar-refractivity contribution in [3.63, 3.8) is 0 Å². The Kier molecular flexibility index (Phi) is 3.63. The van der Waals surface area contributed by atoms with E-state index in [4.69, 9.17) is 16.3 Å². The van der Waals surface area contributed by atoms with Crippen LogP contribution in [0, 0.1) is 0 Å². The second kappa shape index (κ2) is 5.58. The number of carbonyl (C=O) groups is 1. The third-order valence-corrected chi connectivity index (χ3v) is 3.68. The molecule has 3 heteroatoms. The van der Waals surface area contributed by atoms with E-state index in [1.807, 2.05) is 42.5 Å². The van der Waals surface area contributed by atoms with Gasteiger partial charge >= 0.3 is 0 Å². The summed E-state index contributed by atoms with van der Waals surface area (Å²) in [5.41, 5.74) is 1.12. The quantitative estimate of drug-likeness (QED) is 0.653. The van der Waals surface area contributed by atoms with E-state index in [1.165, 1.54) is 0 Å². The van der Waals surface area contributed by atoms with Crippen molar-refractivity contribution < 1.29 is 9.53 Å². The minimum absolute atomic E-state index is 0.0915. The summed E-state index contributed by atoms with van der Waals surface area (Å²) in [6.07, 6.45) is 0. The van der Waals surface area contributed by atoms with Gasteiger partial charge in [-0.05, 0) is 29.0 Å². The lowest BCUT2D eigenvalue weighted by Gasteiger charge is -2.10. The van der Waals surface area contributed by atoms with Crippen molar-refractivity contribution in [3.05, 3.63) is 76.8 Å². The lowest BCUT2D eigenvalue weighted by Crippen LogP contribution is -2.04. The molecule has 0 saturated carbocycles. The molecule has 0 aromatic heterocycles. The first-order chi connectivity index (χ1) is 10.2. The number of hydrogen-bond donors (Lipinski definition) is 0. The highest BCUT2D eigenvalue weighted by molar-refractivity contribution is 6.31. The van der Waals surface area contributed by atoms with Crippen molar-refractivity contribution in [3.8, 4) is 5.75 Å². The zero-order valence-corrected chi connectivity index (χ0v) is 12.2. The summed E-state index contributed by atoms with van der Waals surface area (Å²) in [7, 11) is 1.54. The molecule has 104 valence electrons. The van der Waals surface area contributed by atoms with E-state index < -0.39 is 0 Å². The number of methoxy groups -OCH3 is 1. The molecule has 2 nitrogen and oxygen atoms in total. The third kappa shape index (κ3) is 2.50. The van der Waals surface area contributed by atoms with Gasteiger partial charge in [0, 0.05) is 10.6 Å². The highest BCUT2D eigenvalue weighted by Gasteiger charge is 2.17. The van der Waals surface area contributed by atoms with E-state index >= 15 is 0 Å². The molecule has 0 radical (unpaired) electrons. The monoisotopic (exact) mass is 296 g/mol. The highest BCUT2D eigenvalue weighted by atomic mass is 35.5. The zero-order valence-electron chi connectivity index (χ0n) is 11.5. The topological polar surface area (TPSA) is 26.3 Å². The van der Waals surface area contributed by atoms with Gasteiger partial charge < -0.3 is 4.74 Å². The molecule has 3 aromatic rings. The normalized spacial score (nSPS) is 10.6. The molecule has 0 spiro atoms. The van der Waals surface area contributed by atoms with Crippen molar-refractivity contribution in [1.82, 2.24) is 0 Å². The maximum Gasteiger partial charge on any atom is 0.197 e. The van der Waals surface area contributed by atoms with E-state index in [1.54, 1.807) is 25.3 Å². The number of hydrogen-bond acceptors (Lipinski definition) is 2. The molecule has 0 aliphatic carbocycles. The minimum Gasteiger partial charge on any atom is -0.496 e. The molecule has 0 unspecified atom stereocenters. The summed E-state index contributed by atoms with van der Waals surface area (Å²) in [5, 5.41) is 2.47. The fourth-order valence-electron chi connectivity index (χ4n) is 2.43. The first-order valence-corrected chi connectivity index (χ1v) is 6.94. The number of ketones is 1. The predicted octanol–water partition coefficient (Wildman–Crippen LogP) is 4.73. The molecule has 0 heterocycles. The van der Waals surface area contributed by atoms with Gasteiger partial charge in [0.15, 0.2) is 5.78 Å². The average molecular weight is 297 g/mol. The number of rotatable bonds is 3. The van der Waals surface area contributed by atoms with E-state index in [2.05, 4.69) is 0 Å². The lowest BCUT2D eigenvalue weighted by molar-refractivity contribution is 0.103. The second-order valence-corrected chi connectivity index (χ2v) is 5.14. The van der Waals surface area contributed by atoms with E-state index in [0.717, 1.165) is 10.8 Å². The summed E-state index contributed by atoms with van der Waals surface area (Å²) in [6.45, 7) is 0. The van der Waals surface area contributed by atoms with Gasteiger partial charge in [0.1, 0.15) is 5.75 Å². The number of halogens is 1. The fourth-order valence-corrected chi connectivity index (χ4v) is 2.60. The van der Waals surface area contributed by atoms with Crippen molar-refractivity contribution >= 4 is 28.2 Å². The largest absolute Gasteiger partial charge is 0.496 e. The van der Waals surface area contributed by atoms with Gasteiger partial charge in [0.05, 0.1) is 12.7 Å². The Hall–Kier alpha value is -2.32. The van der Waals surface area contributed by atoms with Crippen molar-refractivity contribution in [1.29, 1.82) is 0 Å². The van der Waals surface area contributed by atoms with Crippen molar-refractivity contribution in [2.45, 2.75) is 0 Å². The first-order valence-electron chi connectivity index (χ1n) is 6.56. The summed E-state index contributed by atoms with van der Waals surface area (Å²) < 4.78 is 5.28. The average Bonchev–Trinajstić information content (AvgIpc) is 2.53. The molecule has 0 fully saturated rings. The molecular weight excluding hydrogens is 284 g/mol. The Balaban J connectivity index is 2.20. The number of carbonyl (C=O) groups excluding carboxylic acids is 1. The molecule has 0 atom stereocenters. The standard InChI is InChI=1S/C18H13ClO2/c1-21-17-10-9-13(19)11-16(17)18(20)15-8-4-6-12-5-2-3-7-14(12)15/h2-11H,1H3. The Morgan fingerprint density at radius 1 is 0.952 bits per heavy atom. The van der Waals surface area contributed by atoms with E-state index in [9.17, 15) is 4.79 Å². The summed E-state index contributed by atoms with van der Waals surface area (Å²) in [4.78, 5) is 12.9. The third-order valence-electron chi connectivity index (χ3n) is 3.44. The number of benzene rings is 3. The Bertz CT molecular complexity index is 819. The van der Waals surface area contributed by atoms with Crippen LogP contribution in [0.25, 0.3) is 10.8 Å². The van der Waals surface area contributed by atoms with Gasteiger partial charge in [-0.1, -0.05) is 54.1 Å². The Morgan fingerprint density at radius 3 is 2.52 bits per heavy atom. The first kappa shape index (κ1) is 13.7. The summed E-state index contributed by atoms with van der Waals surface area (Å²) in [5.74, 6) is 0.434.